The van der Waals surface area contributed by atoms with Crippen LogP contribution in [0.1, 0.15) is 30.1 Å². The fourth-order valence-corrected chi connectivity index (χ4v) is 3.28. The zero-order chi connectivity index (χ0) is 20.6. The van der Waals surface area contributed by atoms with Gasteiger partial charge in [0.05, 0.1) is 31.2 Å². The number of amides is 1. The number of hydrogen-bond acceptors (Lipinski definition) is 5. The first-order chi connectivity index (χ1) is 14.0. The lowest BCUT2D eigenvalue weighted by molar-refractivity contribution is -0.116. The second-order valence-electron chi connectivity index (χ2n) is 6.84. The highest BCUT2D eigenvalue weighted by atomic mass is 35.5. The fourth-order valence-electron chi connectivity index (χ4n) is 3.11. The minimum absolute atomic E-state index is 0.0192. The number of rotatable bonds is 8. The number of anilines is 2. The number of carbonyl (C=O) groups excluding carboxylic acids is 2. The van der Waals surface area contributed by atoms with E-state index in [-0.39, 0.29) is 11.7 Å². The van der Waals surface area contributed by atoms with E-state index in [1.165, 1.54) is 6.92 Å². The molecule has 3 rings (SSSR count). The highest BCUT2D eigenvalue weighted by molar-refractivity contribution is 6.31. The molecule has 29 heavy (non-hydrogen) atoms. The van der Waals surface area contributed by atoms with Crippen LogP contribution in [-0.2, 0) is 9.53 Å². The van der Waals surface area contributed by atoms with E-state index in [0.717, 1.165) is 18.8 Å². The summed E-state index contributed by atoms with van der Waals surface area (Å²) in [4.78, 5) is 25.9. The van der Waals surface area contributed by atoms with Gasteiger partial charge < -0.3 is 19.7 Å². The number of ketones is 1. The molecule has 0 bridgehead atoms. The summed E-state index contributed by atoms with van der Waals surface area (Å²) in [6.07, 6.45) is 0.911. The monoisotopic (exact) mass is 416 g/mol. The van der Waals surface area contributed by atoms with Crippen molar-refractivity contribution in [1.29, 1.82) is 0 Å². The summed E-state index contributed by atoms with van der Waals surface area (Å²) in [5.41, 5.74) is 2.31. The zero-order valence-corrected chi connectivity index (χ0v) is 17.2. The summed E-state index contributed by atoms with van der Waals surface area (Å²) in [6.45, 7) is 4.83. The van der Waals surface area contributed by atoms with Crippen molar-refractivity contribution in [3.05, 3.63) is 53.1 Å². The van der Waals surface area contributed by atoms with Crippen molar-refractivity contribution in [1.82, 2.24) is 0 Å². The normalized spacial score (nSPS) is 13.8. The van der Waals surface area contributed by atoms with Gasteiger partial charge in [-0.1, -0.05) is 11.6 Å². The molecule has 1 aliphatic rings. The zero-order valence-electron chi connectivity index (χ0n) is 16.4. The molecule has 0 atom stereocenters. The molecule has 0 aromatic heterocycles. The third kappa shape index (κ3) is 6.21. The van der Waals surface area contributed by atoms with E-state index >= 15 is 0 Å². The molecule has 0 saturated carbocycles. The SMILES string of the molecule is CC(=O)c1ccc(OCCCC(=O)Nc2cc(Cl)ccc2N2CCOCC2)cc1. The third-order valence-electron chi connectivity index (χ3n) is 4.66. The van der Waals surface area contributed by atoms with Crippen LogP contribution in [0.4, 0.5) is 11.4 Å². The summed E-state index contributed by atoms with van der Waals surface area (Å²) in [5.74, 6) is 0.614. The van der Waals surface area contributed by atoms with Gasteiger partial charge in [-0.25, -0.2) is 0 Å². The highest BCUT2D eigenvalue weighted by Gasteiger charge is 2.16. The van der Waals surface area contributed by atoms with Gasteiger partial charge in [0.25, 0.3) is 0 Å². The van der Waals surface area contributed by atoms with Crippen LogP contribution in [0.5, 0.6) is 5.75 Å². The van der Waals surface area contributed by atoms with Gasteiger partial charge in [0.15, 0.2) is 5.78 Å². The van der Waals surface area contributed by atoms with Gasteiger partial charge >= 0.3 is 0 Å². The van der Waals surface area contributed by atoms with Gasteiger partial charge in [-0.3, -0.25) is 9.59 Å². The molecule has 7 heteroatoms. The maximum absolute atomic E-state index is 12.4. The fraction of sp³-hybridized carbons (Fsp3) is 0.364. The van der Waals surface area contributed by atoms with Crippen molar-refractivity contribution in [2.75, 3.05) is 43.1 Å². The van der Waals surface area contributed by atoms with Gasteiger partial charge in [0.1, 0.15) is 5.75 Å². The number of hydrogen-bond donors (Lipinski definition) is 1. The van der Waals surface area contributed by atoms with Gasteiger partial charge in [0.2, 0.25) is 5.91 Å². The molecule has 0 radical (unpaired) electrons. The summed E-state index contributed by atoms with van der Waals surface area (Å²) < 4.78 is 11.0. The van der Waals surface area contributed by atoms with Crippen molar-refractivity contribution in [3.63, 3.8) is 0 Å². The van der Waals surface area contributed by atoms with Crippen molar-refractivity contribution in [3.8, 4) is 5.75 Å². The summed E-state index contributed by atoms with van der Waals surface area (Å²) in [7, 11) is 0. The standard InChI is InChI=1S/C22H25ClN2O4/c1-16(26)17-4-7-19(8-5-17)29-12-2-3-22(27)24-20-15-18(23)6-9-21(20)25-10-13-28-14-11-25/h4-9,15H,2-3,10-14H2,1H3,(H,24,27). The molecule has 1 saturated heterocycles. The lowest BCUT2D eigenvalue weighted by Crippen LogP contribution is -2.36. The van der Waals surface area contributed by atoms with Crippen molar-refractivity contribution in [2.24, 2.45) is 0 Å². The molecule has 1 aliphatic heterocycles. The Morgan fingerprint density at radius 3 is 2.55 bits per heavy atom. The molecule has 1 fully saturated rings. The number of ether oxygens (including phenoxy) is 2. The molecular weight excluding hydrogens is 392 g/mol. The largest absolute Gasteiger partial charge is 0.494 e. The van der Waals surface area contributed by atoms with Crippen LogP contribution in [0, 0.1) is 0 Å². The van der Waals surface area contributed by atoms with Crippen LogP contribution < -0.4 is 15.0 Å². The Hall–Kier alpha value is -2.57. The molecule has 0 spiro atoms. The van der Waals surface area contributed by atoms with Gasteiger partial charge in [0, 0.05) is 30.1 Å². The molecular formula is C22H25ClN2O4. The molecule has 154 valence electrons. The molecule has 1 heterocycles. The second-order valence-corrected chi connectivity index (χ2v) is 7.28. The molecule has 1 amide bonds. The average molecular weight is 417 g/mol. The summed E-state index contributed by atoms with van der Waals surface area (Å²) in [6, 6.07) is 12.5. The maximum atomic E-state index is 12.4. The van der Waals surface area contributed by atoms with E-state index in [4.69, 9.17) is 21.1 Å². The van der Waals surface area contributed by atoms with E-state index in [9.17, 15) is 9.59 Å². The van der Waals surface area contributed by atoms with Gasteiger partial charge in [-0.2, -0.15) is 0 Å². The van der Waals surface area contributed by atoms with Crippen molar-refractivity contribution < 1.29 is 19.1 Å². The molecule has 6 nitrogen and oxygen atoms in total. The Morgan fingerprint density at radius 1 is 1.14 bits per heavy atom. The van der Waals surface area contributed by atoms with E-state index in [1.54, 1.807) is 30.3 Å². The minimum Gasteiger partial charge on any atom is -0.494 e. The molecule has 1 N–H and O–H groups in total. The predicted octanol–water partition coefficient (Wildman–Crippen LogP) is 4.18. The quantitative estimate of drug-likeness (QED) is 0.516. The van der Waals surface area contributed by atoms with Crippen molar-refractivity contribution in [2.45, 2.75) is 19.8 Å². The number of Topliss-reactive ketones (excluding diaryl/α,β-unsaturated/α-hetero) is 1. The smallest absolute Gasteiger partial charge is 0.224 e. The Kier molecular flexibility index (Phi) is 7.49. The van der Waals surface area contributed by atoms with Crippen LogP contribution in [-0.4, -0.2) is 44.6 Å². The first-order valence-corrected chi connectivity index (χ1v) is 10.1. The molecule has 0 unspecified atom stereocenters. The number of halogens is 1. The van der Waals surface area contributed by atoms with Gasteiger partial charge in [-0.15, -0.1) is 0 Å². The molecule has 2 aromatic carbocycles. The Bertz CT molecular complexity index is 848. The van der Waals surface area contributed by atoms with E-state index in [0.29, 0.717) is 54.7 Å². The molecule has 0 aliphatic carbocycles. The number of morpholine rings is 1. The third-order valence-corrected chi connectivity index (χ3v) is 4.90. The van der Waals surface area contributed by atoms with Crippen molar-refractivity contribution >= 4 is 34.7 Å². The van der Waals surface area contributed by atoms with E-state index in [1.807, 2.05) is 12.1 Å². The van der Waals surface area contributed by atoms with Gasteiger partial charge in [-0.05, 0) is 55.8 Å². The summed E-state index contributed by atoms with van der Waals surface area (Å²) in [5, 5.41) is 3.55. The predicted molar refractivity (Wildman–Crippen MR) is 114 cm³/mol. The topological polar surface area (TPSA) is 67.9 Å². The number of carbonyl (C=O) groups is 2. The minimum atomic E-state index is -0.0858. The lowest BCUT2D eigenvalue weighted by Gasteiger charge is -2.30. The molecule has 2 aromatic rings. The number of nitrogens with zero attached hydrogens (tertiary/aromatic N) is 1. The first-order valence-electron chi connectivity index (χ1n) is 9.69. The number of nitrogens with one attached hydrogen (secondary N) is 1. The van der Waals surface area contributed by atoms with E-state index < -0.39 is 0 Å². The Balaban J connectivity index is 1.49. The van der Waals surface area contributed by atoms with Crippen LogP contribution >= 0.6 is 11.6 Å². The Labute approximate surface area is 175 Å². The Morgan fingerprint density at radius 2 is 1.86 bits per heavy atom. The van der Waals surface area contributed by atoms with Crippen LogP contribution in [0.25, 0.3) is 0 Å². The maximum Gasteiger partial charge on any atom is 0.224 e. The summed E-state index contributed by atoms with van der Waals surface area (Å²) >= 11 is 6.13. The number of benzene rings is 2. The first kappa shape index (κ1) is 21.1. The average Bonchev–Trinajstić information content (AvgIpc) is 2.72. The lowest BCUT2D eigenvalue weighted by atomic mass is 10.1. The second kappa shape index (κ2) is 10.3. The van der Waals surface area contributed by atoms with Crippen LogP contribution in [0.15, 0.2) is 42.5 Å². The highest BCUT2D eigenvalue weighted by Crippen LogP contribution is 2.30. The van der Waals surface area contributed by atoms with Crippen LogP contribution in [0.3, 0.4) is 0 Å². The van der Waals surface area contributed by atoms with Crippen LogP contribution in [0.2, 0.25) is 5.02 Å². The van der Waals surface area contributed by atoms with E-state index in [2.05, 4.69) is 10.2 Å².